The number of fused-ring (bicyclic) bond motifs is 1. The SMILES string of the molecule is COc1ccc(C(=O)Nc2ccc3c(c2)OCCO3)cc1S(C)(=O)=O. The van der Waals surface area contributed by atoms with Crippen molar-refractivity contribution in [2.24, 2.45) is 0 Å². The average Bonchev–Trinajstić information content (AvgIpc) is 2.60. The molecule has 1 heterocycles. The lowest BCUT2D eigenvalue weighted by Crippen LogP contribution is -2.16. The first-order valence-corrected chi connectivity index (χ1v) is 9.37. The largest absolute Gasteiger partial charge is 0.495 e. The van der Waals surface area contributed by atoms with Gasteiger partial charge in [-0.1, -0.05) is 0 Å². The summed E-state index contributed by atoms with van der Waals surface area (Å²) in [4.78, 5) is 12.4. The van der Waals surface area contributed by atoms with Gasteiger partial charge in [0.05, 0.1) is 7.11 Å². The Labute approximate surface area is 145 Å². The van der Waals surface area contributed by atoms with Crippen molar-refractivity contribution in [3.63, 3.8) is 0 Å². The van der Waals surface area contributed by atoms with Crippen LogP contribution in [0.3, 0.4) is 0 Å². The predicted octanol–water partition coefficient (Wildman–Crippen LogP) is 2.12. The van der Waals surface area contributed by atoms with Crippen LogP contribution < -0.4 is 19.5 Å². The van der Waals surface area contributed by atoms with Crippen LogP contribution in [0.1, 0.15) is 10.4 Å². The van der Waals surface area contributed by atoms with Crippen LogP contribution in [-0.2, 0) is 9.84 Å². The van der Waals surface area contributed by atoms with E-state index in [9.17, 15) is 13.2 Å². The Kier molecular flexibility index (Phi) is 4.54. The first kappa shape index (κ1) is 17.1. The Morgan fingerprint density at radius 3 is 2.48 bits per heavy atom. The highest BCUT2D eigenvalue weighted by atomic mass is 32.2. The average molecular weight is 363 g/mol. The molecule has 0 atom stereocenters. The summed E-state index contributed by atoms with van der Waals surface area (Å²) in [6.07, 6.45) is 1.06. The molecular formula is C17H17NO6S. The number of benzene rings is 2. The lowest BCUT2D eigenvalue weighted by molar-refractivity contribution is 0.102. The Morgan fingerprint density at radius 1 is 1.08 bits per heavy atom. The zero-order chi connectivity index (χ0) is 18.0. The van der Waals surface area contributed by atoms with Crippen molar-refractivity contribution in [1.29, 1.82) is 0 Å². The van der Waals surface area contributed by atoms with Crippen LogP contribution in [-0.4, -0.2) is 40.9 Å². The Bertz CT molecular complexity index is 923. The highest BCUT2D eigenvalue weighted by Crippen LogP contribution is 2.33. The van der Waals surface area contributed by atoms with Crippen LogP contribution in [0.15, 0.2) is 41.3 Å². The smallest absolute Gasteiger partial charge is 0.255 e. The van der Waals surface area contributed by atoms with Crippen LogP contribution >= 0.6 is 0 Å². The summed E-state index contributed by atoms with van der Waals surface area (Å²) >= 11 is 0. The summed E-state index contributed by atoms with van der Waals surface area (Å²) in [7, 11) is -2.15. The third-order valence-corrected chi connectivity index (χ3v) is 4.74. The van der Waals surface area contributed by atoms with E-state index >= 15 is 0 Å². The second-order valence-corrected chi connectivity index (χ2v) is 7.43. The van der Waals surface area contributed by atoms with Crippen molar-refractivity contribution in [2.45, 2.75) is 4.90 Å². The lowest BCUT2D eigenvalue weighted by atomic mass is 10.2. The zero-order valence-electron chi connectivity index (χ0n) is 13.7. The molecule has 8 heteroatoms. The summed E-state index contributed by atoms with van der Waals surface area (Å²) in [5.74, 6) is 0.922. The van der Waals surface area contributed by atoms with Crippen molar-refractivity contribution >= 4 is 21.4 Å². The molecule has 1 amide bonds. The van der Waals surface area contributed by atoms with Gasteiger partial charge < -0.3 is 19.5 Å². The number of amides is 1. The number of nitrogens with one attached hydrogen (secondary N) is 1. The predicted molar refractivity (Wildman–Crippen MR) is 91.5 cm³/mol. The first-order chi connectivity index (χ1) is 11.9. The van der Waals surface area contributed by atoms with Crippen molar-refractivity contribution in [2.75, 3.05) is 31.9 Å². The highest BCUT2D eigenvalue weighted by molar-refractivity contribution is 7.90. The van der Waals surface area contributed by atoms with Crippen LogP contribution in [0.5, 0.6) is 17.2 Å². The molecule has 2 aromatic rings. The van der Waals surface area contributed by atoms with Crippen LogP contribution in [0.25, 0.3) is 0 Å². The quantitative estimate of drug-likeness (QED) is 0.895. The van der Waals surface area contributed by atoms with Crippen molar-refractivity contribution in [3.8, 4) is 17.2 Å². The number of ether oxygens (including phenoxy) is 3. The third kappa shape index (κ3) is 3.69. The maximum Gasteiger partial charge on any atom is 0.255 e. The third-order valence-electron chi connectivity index (χ3n) is 3.63. The molecule has 3 rings (SSSR count). The molecule has 7 nitrogen and oxygen atoms in total. The number of carbonyl (C=O) groups is 1. The van der Waals surface area contributed by atoms with E-state index in [-0.39, 0.29) is 16.2 Å². The minimum atomic E-state index is -3.53. The topological polar surface area (TPSA) is 90.9 Å². The van der Waals surface area contributed by atoms with Crippen LogP contribution in [0.4, 0.5) is 5.69 Å². The molecule has 0 aromatic heterocycles. The van der Waals surface area contributed by atoms with E-state index in [1.165, 1.54) is 25.3 Å². The molecule has 0 bridgehead atoms. The molecule has 0 saturated carbocycles. The van der Waals surface area contributed by atoms with Gasteiger partial charge in [-0.2, -0.15) is 0 Å². The minimum absolute atomic E-state index is 0.0372. The fourth-order valence-electron chi connectivity index (χ4n) is 2.43. The summed E-state index contributed by atoms with van der Waals surface area (Å²) < 4.78 is 39.7. The molecule has 0 aliphatic carbocycles. The molecule has 2 aromatic carbocycles. The van der Waals surface area contributed by atoms with Gasteiger partial charge in [-0.05, 0) is 30.3 Å². The zero-order valence-corrected chi connectivity index (χ0v) is 14.6. The van der Waals surface area contributed by atoms with Gasteiger partial charge in [0.1, 0.15) is 23.9 Å². The number of carbonyl (C=O) groups excluding carboxylic acids is 1. The normalized spacial score (nSPS) is 13.2. The van der Waals surface area contributed by atoms with Gasteiger partial charge in [0, 0.05) is 23.6 Å². The molecule has 0 spiro atoms. The number of sulfone groups is 1. The van der Waals surface area contributed by atoms with E-state index in [1.54, 1.807) is 18.2 Å². The van der Waals surface area contributed by atoms with E-state index < -0.39 is 15.7 Å². The van der Waals surface area contributed by atoms with E-state index in [0.29, 0.717) is 30.4 Å². The van der Waals surface area contributed by atoms with Crippen molar-refractivity contribution < 1.29 is 27.4 Å². The Morgan fingerprint density at radius 2 is 1.80 bits per heavy atom. The van der Waals surface area contributed by atoms with Gasteiger partial charge in [-0.25, -0.2) is 8.42 Å². The molecule has 0 fully saturated rings. The second-order valence-electron chi connectivity index (χ2n) is 5.45. The number of methoxy groups -OCH3 is 1. The van der Waals surface area contributed by atoms with Gasteiger partial charge in [0.15, 0.2) is 21.3 Å². The molecular weight excluding hydrogens is 346 g/mol. The molecule has 25 heavy (non-hydrogen) atoms. The number of hydrogen-bond acceptors (Lipinski definition) is 6. The van der Waals surface area contributed by atoms with E-state index in [0.717, 1.165) is 6.26 Å². The summed E-state index contributed by atoms with van der Waals surface area (Å²) in [6, 6.07) is 9.30. The highest BCUT2D eigenvalue weighted by Gasteiger charge is 2.18. The number of anilines is 1. The maximum atomic E-state index is 12.4. The standard InChI is InChI=1S/C17H17NO6S/c1-22-14-5-3-11(9-16(14)25(2,20)21)17(19)18-12-4-6-13-15(10-12)24-8-7-23-13/h3-6,9-10H,7-8H2,1-2H3,(H,18,19). The fourth-order valence-corrected chi connectivity index (χ4v) is 3.29. The van der Waals surface area contributed by atoms with Gasteiger partial charge >= 0.3 is 0 Å². The molecule has 0 unspecified atom stereocenters. The van der Waals surface area contributed by atoms with Crippen LogP contribution in [0.2, 0.25) is 0 Å². The summed E-state index contributed by atoms with van der Waals surface area (Å²) in [5, 5.41) is 2.71. The monoisotopic (exact) mass is 363 g/mol. The minimum Gasteiger partial charge on any atom is -0.495 e. The van der Waals surface area contributed by atoms with Gasteiger partial charge in [-0.3, -0.25) is 4.79 Å². The van der Waals surface area contributed by atoms with E-state index in [2.05, 4.69) is 5.32 Å². The molecule has 1 aliphatic heterocycles. The molecule has 0 saturated heterocycles. The van der Waals surface area contributed by atoms with Crippen molar-refractivity contribution in [1.82, 2.24) is 0 Å². The van der Waals surface area contributed by atoms with Gasteiger partial charge in [0.2, 0.25) is 0 Å². The van der Waals surface area contributed by atoms with Crippen LogP contribution in [0, 0.1) is 0 Å². The van der Waals surface area contributed by atoms with E-state index in [4.69, 9.17) is 14.2 Å². The number of rotatable bonds is 4. The lowest BCUT2D eigenvalue weighted by Gasteiger charge is -2.19. The van der Waals surface area contributed by atoms with Gasteiger partial charge in [-0.15, -0.1) is 0 Å². The second kappa shape index (κ2) is 6.64. The molecule has 0 radical (unpaired) electrons. The Hall–Kier alpha value is -2.74. The summed E-state index contributed by atoms with van der Waals surface area (Å²) in [5.41, 5.74) is 0.724. The first-order valence-electron chi connectivity index (χ1n) is 7.47. The maximum absolute atomic E-state index is 12.4. The van der Waals surface area contributed by atoms with Crippen molar-refractivity contribution in [3.05, 3.63) is 42.0 Å². The fraction of sp³-hybridized carbons (Fsp3) is 0.235. The Balaban J connectivity index is 1.86. The molecule has 1 N–H and O–H groups in total. The number of hydrogen-bond donors (Lipinski definition) is 1. The molecule has 132 valence electrons. The summed E-state index contributed by atoms with van der Waals surface area (Å²) in [6.45, 7) is 0.930. The van der Waals surface area contributed by atoms with Gasteiger partial charge in [0.25, 0.3) is 5.91 Å². The van der Waals surface area contributed by atoms with E-state index in [1.807, 2.05) is 0 Å². The molecule has 1 aliphatic rings.